The highest BCUT2D eigenvalue weighted by molar-refractivity contribution is 7.92. The highest BCUT2D eigenvalue weighted by Gasteiger charge is 2.27. The number of rotatable bonds is 5. The van der Waals surface area contributed by atoms with Gasteiger partial charge in [-0.25, -0.2) is 13.2 Å². The van der Waals surface area contributed by atoms with Gasteiger partial charge in [-0.15, -0.1) is 0 Å². The maximum atomic E-state index is 12.6. The Kier molecular flexibility index (Phi) is 5.31. The van der Waals surface area contributed by atoms with Gasteiger partial charge < -0.3 is 4.74 Å². The summed E-state index contributed by atoms with van der Waals surface area (Å²) in [6, 6.07) is 10.8. The van der Waals surface area contributed by atoms with Gasteiger partial charge in [-0.1, -0.05) is 24.3 Å². The van der Waals surface area contributed by atoms with Crippen molar-refractivity contribution in [3.8, 4) is 0 Å². The number of esters is 1. The number of para-hydroxylation sites is 2. The van der Waals surface area contributed by atoms with Crippen LogP contribution < -0.4 is 4.72 Å². The smallest absolute Gasteiger partial charge is 0.340 e. The summed E-state index contributed by atoms with van der Waals surface area (Å²) < 4.78 is 32.7. The molecule has 0 atom stereocenters. The molecule has 0 amide bonds. The second-order valence-corrected chi connectivity index (χ2v) is 8.03. The Hall–Kier alpha value is -2.94. The molecule has 0 radical (unpaired) electrons. The molecule has 1 N–H and O–H groups in total. The Morgan fingerprint density at radius 1 is 1.08 bits per heavy atom. The highest BCUT2D eigenvalue weighted by atomic mass is 32.2. The van der Waals surface area contributed by atoms with Crippen LogP contribution in [0.2, 0.25) is 0 Å². The summed E-state index contributed by atoms with van der Waals surface area (Å²) in [5.74, 6) is -0.710. The van der Waals surface area contributed by atoms with E-state index in [-0.39, 0.29) is 11.3 Å². The molecule has 2 aromatic rings. The first-order chi connectivity index (χ1) is 12.0. The molecule has 0 saturated heterocycles. The van der Waals surface area contributed by atoms with Gasteiger partial charge in [-0.2, -0.15) is 0 Å². The number of hydrogen-bond acceptors (Lipinski definition) is 6. The number of carbonyl (C=O) groups excluding carboxylic acids is 1. The van der Waals surface area contributed by atoms with E-state index < -0.39 is 37.1 Å². The second kappa shape index (κ2) is 7.12. The maximum absolute atomic E-state index is 12.6. The molecule has 0 aliphatic carbocycles. The van der Waals surface area contributed by atoms with Crippen molar-refractivity contribution >= 4 is 27.4 Å². The number of benzene rings is 2. The summed E-state index contributed by atoms with van der Waals surface area (Å²) in [4.78, 5) is 22.1. The van der Waals surface area contributed by atoms with Crippen LogP contribution in [0.3, 0.4) is 0 Å². The quantitative estimate of drug-likeness (QED) is 0.484. The minimum Gasteiger partial charge on any atom is -0.456 e. The fraction of sp³-hybridized carbons (Fsp3) is 0.235. The number of nitrogens with one attached hydrogen (secondary N) is 1. The molecule has 138 valence electrons. The second-order valence-electron chi connectivity index (χ2n) is 6.38. The molecule has 0 saturated carbocycles. The normalized spacial score (nSPS) is 11.7. The van der Waals surface area contributed by atoms with Crippen molar-refractivity contribution < 1.29 is 22.9 Å². The SMILES string of the molecule is CC(C)(C)OC(=O)c1ccccc1NS(=O)(=O)c1ccccc1[N+](=O)[O-]. The summed E-state index contributed by atoms with van der Waals surface area (Å²) in [5, 5.41) is 11.1. The van der Waals surface area contributed by atoms with Crippen molar-refractivity contribution in [3.05, 3.63) is 64.2 Å². The zero-order chi connectivity index (χ0) is 19.5. The number of nitrogens with zero attached hydrogens (tertiary/aromatic N) is 1. The number of nitro benzene ring substituents is 1. The van der Waals surface area contributed by atoms with Gasteiger partial charge in [0.2, 0.25) is 0 Å². The van der Waals surface area contributed by atoms with Crippen LogP contribution in [0.4, 0.5) is 11.4 Å². The summed E-state index contributed by atoms with van der Waals surface area (Å²) in [6.45, 7) is 5.06. The fourth-order valence-electron chi connectivity index (χ4n) is 2.12. The first-order valence-electron chi connectivity index (χ1n) is 7.60. The molecular weight excluding hydrogens is 360 g/mol. The Morgan fingerprint density at radius 2 is 1.65 bits per heavy atom. The van der Waals surface area contributed by atoms with Gasteiger partial charge in [-0.3, -0.25) is 14.8 Å². The lowest BCUT2D eigenvalue weighted by atomic mass is 10.1. The molecule has 0 aliphatic heterocycles. The van der Waals surface area contributed by atoms with Gasteiger partial charge in [0.05, 0.1) is 16.2 Å². The van der Waals surface area contributed by atoms with Crippen LogP contribution in [-0.4, -0.2) is 24.9 Å². The topological polar surface area (TPSA) is 116 Å². The number of nitro groups is 1. The van der Waals surface area contributed by atoms with E-state index in [0.717, 1.165) is 12.1 Å². The van der Waals surface area contributed by atoms with Crippen LogP contribution in [0.1, 0.15) is 31.1 Å². The van der Waals surface area contributed by atoms with Gasteiger partial charge in [0.25, 0.3) is 15.7 Å². The number of anilines is 1. The first-order valence-corrected chi connectivity index (χ1v) is 9.08. The van der Waals surface area contributed by atoms with E-state index in [2.05, 4.69) is 4.72 Å². The molecule has 9 heteroatoms. The molecule has 0 unspecified atom stereocenters. The minimum absolute atomic E-state index is 0.00424. The number of carbonyl (C=O) groups is 1. The molecule has 0 aromatic heterocycles. The summed E-state index contributed by atoms with van der Waals surface area (Å²) in [6.07, 6.45) is 0. The van der Waals surface area contributed by atoms with Gasteiger partial charge in [-0.05, 0) is 39.0 Å². The van der Waals surface area contributed by atoms with Crippen molar-refractivity contribution in [2.75, 3.05) is 4.72 Å². The molecular formula is C17H18N2O6S. The van der Waals surface area contributed by atoms with Gasteiger partial charge in [0.1, 0.15) is 5.60 Å². The van der Waals surface area contributed by atoms with Crippen LogP contribution in [0.5, 0.6) is 0 Å². The van der Waals surface area contributed by atoms with Gasteiger partial charge in [0.15, 0.2) is 4.90 Å². The molecule has 0 aliphatic rings. The third kappa shape index (κ3) is 4.57. The van der Waals surface area contributed by atoms with Gasteiger partial charge >= 0.3 is 5.97 Å². The summed E-state index contributed by atoms with van der Waals surface area (Å²) in [7, 11) is -4.29. The Labute approximate surface area is 151 Å². The number of ether oxygens (including phenoxy) is 1. The van der Waals surface area contributed by atoms with Crippen molar-refractivity contribution in [1.29, 1.82) is 0 Å². The Morgan fingerprint density at radius 3 is 2.27 bits per heavy atom. The molecule has 8 nitrogen and oxygen atoms in total. The van der Waals surface area contributed by atoms with Crippen LogP contribution in [0.25, 0.3) is 0 Å². The molecule has 26 heavy (non-hydrogen) atoms. The Balaban J connectivity index is 2.43. The van der Waals surface area contributed by atoms with Crippen LogP contribution in [-0.2, 0) is 14.8 Å². The lowest BCUT2D eigenvalue weighted by molar-refractivity contribution is -0.387. The fourth-order valence-corrected chi connectivity index (χ4v) is 3.37. The predicted octanol–water partition coefficient (Wildman–Crippen LogP) is 3.35. The lowest BCUT2D eigenvalue weighted by Gasteiger charge is -2.20. The van der Waals surface area contributed by atoms with E-state index in [1.54, 1.807) is 26.8 Å². The largest absolute Gasteiger partial charge is 0.456 e. The van der Waals surface area contributed by atoms with E-state index in [1.165, 1.54) is 30.3 Å². The van der Waals surface area contributed by atoms with Crippen molar-refractivity contribution in [1.82, 2.24) is 0 Å². The van der Waals surface area contributed by atoms with Crippen LogP contribution in [0, 0.1) is 10.1 Å². The minimum atomic E-state index is -4.29. The van der Waals surface area contributed by atoms with Crippen molar-refractivity contribution in [3.63, 3.8) is 0 Å². The summed E-state index contributed by atoms with van der Waals surface area (Å²) in [5.41, 5.74) is -1.35. The summed E-state index contributed by atoms with van der Waals surface area (Å²) >= 11 is 0. The molecule has 2 aromatic carbocycles. The highest BCUT2D eigenvalue weighted by Crippen LogP contribution is 2.27. The average Bonchev–Trinajstić information content (AvgIpc) is 2.53. The van der Waals surface area contributed by atoms with Crippen molar-refractivity contribution in [2.24, 2.45) is 0 Å². The van der Waals surface area contributed by atoms with Crippen LogP contribution in [0.15, 0.2) is 53.4 Å². The zero-order valence-electron chi connectivity index (χ0n) is 14.4. The molecule has 0 fully saturated rings. The first kappa shape index (κ1) is 19.4. The van der Waals surface area contributed by atoms with Gasteiger partial charge in [0, 0.05) is 6.07 Å². The molecule has 0 heterocycles. The molecule has 0 spiro atoms. The average molecular weight is 378 g/mol. The van der Waals surface area contributed by atoms with E-state index in [1.807, 2.05) is 0 Å². The maximum Gasteiger partial charge on any atom is 0.340 e. The van der Waals surface area contributed by atoms with E-state index in [0.29, 0.717) is 0 Å². The number of sulfonamides is 1. The number of hydrogen-bond donors (Lipinski definition) is 1. The van der Waals surface area contributed by atoms with E-state index in [9.17, 15) is 23.3 Å². The molecule has 0 bridgehead atoms. The van der Waals surface area contributed by atoms with Crippen molar-refractivity contribution in [2.45, 2.75) is 31.3 Å². The third-order valence-electron chi connectivity index (χ3n) is 3.14. The standard InChI is InChI=1S/C17H18N2O6S/c1-17(2,3)25-16(20)12-8-4-5-9-13(12)18-26(23,24)15-11-7-6-10-14(15)19(21)22/h4-11,18H,1-3H3. The van der Waals surface area contributed by atoms with E-state index in [4.69, 9.17) is 4.74 Å². The zero-order valence-corrected chi connectivity index (χ0v) is 15.2. The molecule has 2 rings (SSSR count). The van der Waals surface area contributed by atoms with Crippen LogP contribution >= 0.6 is 0 Å². The van der Waals surface area contributed by atoms with E-state index >= 15 is 0 Å². The Bertz CT molecular complexity index is 948. The third-order valence-corrected chi connectivity index (χ3v) is 4.55. The monoisotopic (exact) mass is 378 g/mol. The lowest BCUT2D eigenvalue weighted by Crippen LogP contribution is -2.25. The predicted molar refractivity (Wildman–Crippen MR) is 95.5 cm³/mol.